The predicted octanol–water partition coefficient (Wildman–Crippen LogP) is 3.51. The summed E-state index contributed by atoms with van der Waals surface area (Å²) in [5.74, 6) is -2.15. The Hall–Kier alpha value is -4.05. The molecular formula is C31H32O9. The van der Waals surface area contributed by atoms with Gasteiger partial charge in [-0.3, -0.25) is 14.4 Å². The summed E-state index contributed by atoms with van der Waals surface area (Å²) in [7, 11) is 0. The topological polar surface area (TPSA) is 118 Å². The van der Waals surface area contributed by atoms with Crippen molar-refractivity contribution in [3.63, 3.8) is 0 Å². The van der Waals surface area contributed by atoms with Gasteiger partial charge in [-0.25, -0.2) is 0 Å². The standard InChI is InChI=1S/C31H32O9/c1-20(32)37-27-26(40-30(35)29(39-22(3)34)28(27)38-21(2)33)19-36-31(23-13-7-4-8-14-23,24-15-9-5-10-16-24)25-17-11-6-12-18-25/h4-18,26-30,35H,19H2,1-3H3/t26-,27-,28-,29+,30+/m1/s1. The van der Waals surface area contributed by atoms with Crippen molar-refractivity contribution in [3.8, 4) is 0 Å². The fraction of sp³-hybridized carbons (Fsp3) is 0.323. The van der Waals surface area contributed by atoms with Gasteiger partial charge >= 0.3 is 17.9 Å². The molecule has 4 rings (SSSR count). The third-order valence-electron chi connectivity index (χ3n) is 6.52. The molecule has 0 amide bonds. The number of esters is 3. The number of aliphatic hydroxyl groups excluding tert-OH is 1. The van der Waals surface area contributed by atoms with Gasteiger partial charge in [0, 0.05) is 20.8 Å². The average Bonchev–Trinajstić information content (AvgIpc) is 2.94. The zero-order valence-corrected chi connectivity index (χ0v) is 22.5. The van der Waals surface area contributed by atoms with Gasteiger partial charge in [-0.15, -0.1) is 0 Å². The molecule has 1 fully saturated rings. The molecular weight excluding hydrogens is 516 g/mol. The Morgan fingerprint density at radius 1 is 0.650 bits per heavy atom. The van der Waals surface area contributed by atoms with E-state index in [2.05, 4.69) is 0 Å². The summed E-state index contributed by atoms with van der Waals surface area (Å²) in [5, 5.41) is 10.8. The summed E-state index contributed by atoms with van der Waals surface area (Å²) >= 11 is 0. The van der Waals surface area contributed by atoms with Gasteiger partial charge in [0.15, 0.2) is 24.6 Å². The van der Waals surface area contributed by atoms with Crippen molar-refractivity contribution in [3.05, 3.63) is 108 Å². The van der Waals surface area contributed by atoms with Crippen molar-refractivity contribution in [1.29, 1.82) is 0 Å². The first-order chi connectivity index (χ1) is 19.2. The minimum Gasteiger partial charge on any atom is -0.456 e. The second-order valence-electron chi connectivity index (χ2n) is 9.38. The van der Waals surface area contributed by atoms with Crippen LogP contribution in [0.3, 0.4) is 0 Å². The largest absolute Gasteiger partial charge is 0.456 e. The highest BCUT2D eigenvalue weighted by atomic mass is 16.7. The second kappa shape index (κ2) is 12.9. The van der Waals surface area contributed by atoms with Crippen molar-refractivity contribution < 1.29 is 43.2 Å². The maximum Gasteiger partial charge on any atom is 0.303 e. The van der Waals surface area contributed by atoms with Crippen LogP contribution < -0.4 is 0 Å². The van der Waals surface area contributed by atoms with Gasteiger partial charge in [-0.2, -0.15) is 0 Å². The molecule has 1 aliphatic heterocycles. The van der Waals surface area contributed by atoms with Crippen LogP contribution in [0.2, 0.25) is 0 Å². The van der Waals surface area contributed by atoms with E-state index in [-0.39, 0.29) is 6.61 Å². The van der Waals surface area contributed by atoms with Gasteiger partial charge in [-0.1, -0.05) is 91.0 Å². The number of aliphatic hydroxyl groups is 1. The number of hydrogen-bond donors (Lipinski definition) is 1. The monoisotopic (exact) mass is 548 g/mol. The number of carbonyl (C=O) groups excluding carboxylic acids is 3. The molecule has 1 heterocycles. The van der Waals surface area contributed by atoms with E-state index >= 15 is 0 Å². The molecule has 0 unspecified atom stereocenters. The second-order valence-corrected chi connectivity index (χ2v) is 9.38. The van der Waals surface area contributed by atoms with Crippen LogP contribution in [0.4, 0.5) is 0 Å². The SMILES string of the molecule is CC(=O)O[C@H]1[C@H](OC(C)=O)[C@@H](O)O[C@H](COC(c2ccccc2)(c2ccccc2)c2ccccc2)[C@H]1OC(C)=O. The van der Waals surface area contributed by atoms with Crippen LogP contribution in [0.25, 0.3) is 0 Å². The van der Waals surface area contributed by atoms with E-state index in [9.17, 15) is 19.5 Å². The Morgan fingerprint density at radius 3 is 1.43 bits per heavy atom. The molecule has 0 aliphatic carbocycles. The minimum atomic E-state index is -1.69. The molecule has 9 nitrogen and oxygen atoms in total. The maximum absolute atomic E-state index is 12.1. The molecule has 1 N–H and O–H groups in total. The van der Waals surface area contributed by atoms with Crippen LogP contribution >= 0.6 is 0 Å². The number of rotatable bonds is 9. The molecule has 1 saturated heterocycles. The van der Waals surface area contributed by atoms with E-state index in [4.69, 9.17) is 23.7 Å². The van der Waals surface area contributed by atoms with E-state index in [0.29, 0.717) is 0 Å². The van der Waals surface area contributed by atoms with Crippen molar-refractivity contribution >= 4 is 17.9 Å². The summed E-state index contributed by atoms with van der Waals surface area (Å²) in [6.07, 6.45) is -6.82. The highest BCUT2D eigenvalue weighted by Crippen LogP contribution is 2.41. The van der Waals surface area contributed by atoms with Crippen LogP contribution in [0.5, 0.6) is 0 Å². The molecule has 9 heteroatoms. The lowest BCUT2D eigenvalue weighted by molar-refractivity contribution is -0.299. The fourth-order valence-electron chi connectivity index (χ4n) is 4.98. The lowest BCUT2D eigenvalue weighted by Gasteiger charge is -2.44. The molecule has 3 aromatic carbocycles. The van der Waals surface area contributed by atoms with Gasteiger partial charge in [0.1, 0.15) is 11.7 Å². The van der Waals surface area contributed by atoms with Crippen molar-refractivity contribution in [2.24, 2.45) is 0 Å². The summed E-state index contributed by atoms with van der Waals surface area (Å²) < 4.78 is 28.8. The third kappa shape index (κ3) is 6.39. The zero-order chi connectivity index (χ0) is 28.7. The van der Waals surface area contributed by atoms with Crippen molar-refractivity contribution in [2.75, 3.05) is 6.61 Å². The number of ether oxygens (including phenoxy) is 5. The van der Waals surface area contributed by atoms with E-state index in [1.54, 1.807) is 0 Å². The summed E-state index contributed by atoms with van der Waals surface area (Å²) in [4.78, 5) is 35.9. The molecule has 0 bridgehead atoms. The van der Waals surface area contributed by atoms with Gasteiger partial charge in [-0.05, 0) is 16.7 Å². The molecule has 5 atom stereocenters. The van der Waals surface area contributed by atoms with Crippen LogP contribution in [0.1, 0.15) is 37.5 Å². The van der Waals surface area contributed by atoms with Crippen molar-refractivity contribution in [2.45, 2.75) is 57.1 Å². The Morgan fingerprint density at radius 2 is 1.02 bits per heavy atom. The highest BCUT2D eigenvalue weighted by molar-refractivity contribution is 5.68. The number of benzene rings is 3. The predicted molar refractivity (Wildman–Crippen MR) is 143 cm³/mol. The fourth-order valence-corrected chi connectivity index (χ4v) is 4.98. The Labute approximate surface area is 232 Å². The Bertz CT molecular complexity index is 1180. The van der Waals surface area contributed by atoms with Crippen LogP contribution in [-0.2, 0) is 43.7 Å². The lowest BCUT2D eigenvalue weighted by atomic mass is 9.80. The number of hydrogen-bond acceptors (Lipinski definition) is 9. The molecule has 0 radical (unpaired) electrons. The Kier molecular flexibility index (Phi) is 9.31. The number of carbonyl (C=O) groups is 3. The normalized spacial score (nSPS) is 22.6. The van der Waals surface area contributed by atoms with Gasteiger partial charge < -0.3 is 28.8 Å². The van der Waals surface area contributed by atoms with E-state index < -0.39 is 54.2 Å². The molecule has 210 valence electrons. The average molecular weight is 549 g/mol. The first-order valence-corrected chi connectivity index (χ1v) is 12.9. The minimum absolute atomic E-state index is 0.210. The molecule has 0 aromatic heterocycles. The molecule has 1 aliphatic rings. The van der Waals surface area contributed by atoms with Crippen LogP contribution in [0, 0.1) is 0 Å². The molecule has 3 aromatic rings. The first kappa shape index (κ1) is 28.9. The van der Waals surface area contributed by atoms with E-state index in [0.717, 1.165) is 30.5 Å². The van der Waals surface area contributed by atoms with E-state index in [1.165, 1.54) is 6.92 Å². The zero-order valence-electron chi connectivity index (χ0n) is 22.5. The van der Waals surface area contributed by atoms with Crippen LogP contribution in [-0.4, -0.2) is 60.3 Å². The maximum atomic E-state index is 12.1. The molecule has 0 spiro atoms. The summed E-state index contributed by atoms with van der Waals surface area (Å²) in [6.45, 7) is 3.28. The molecule has 0 saturated carbocycles. The van der Waals surface area contributed by atoms with Crippen LogP contribution in [0.15, 0.2) is 91.0 Å². The first-order valence-electron chi connectivity index (χ1n) is 12.9. The smallest absolute Gasteiger partial charge is 0.303 e. The lowest BCUT2D eigenvalue weighted by Crippen LogP contribution is -2.62. The van der Waals surface area contributed by atoms with E-state index in [1.807, 2.05) is 91.0 Å². The summed E-state index contributed by atoms with van der Waals surface area (Å²) in [5.41, 5.74) is 1.33. The quantitative estimate of drug-likeness (QED) is 0.244. The van der Waals surface area contributed by atoms with Crippen molar-refractivity contribution in [1.82, 2.24) is 0 Å². The van der Waals surface area contributed by atoms with Gasteiger partial charge in [0.2, 0.25) is 0 Å². The summed E-state index contributed by atoms with van der Waals surface area (Å²) in [6, 6.07) is 28.8. The van der Waals surface area contributed by atoms with Gasteiger partial charge in [0.25, 0.3) is 0 Å². The molecule has 40 heavy (non-hydrogen) atoms. The Balaban J connectivity index is 1.79. The van der Waals surface area contributed by atoms with Gasteiger partial charge in [0.05, 0.1) is 6.61 Å². The highest BCUT2D eigenvalue weighted by Gasteiger charge is 2.52. The third-order valence-corrected chi connectivity index (χ3v) is 6.52.